The minimum absolute atomic E-state index is 0.496. The van der Waals surface area contributed by atoms with Gasteiger partial charge in [0, 0.05) is 24.9 Å². The first-order chi connectivity index (χ1) is 6.82. The SMILES string of the molecule is C[C@@H](C(=O)N=c1sccn1C)S(C)(=O)=O. The molecule has 15 heavy (non-hydrogen) atoms. The number of aromatic nitrogens is 1. The molecule has 1 amide bonds. The Balaban J connectivity index is 3.05. The summed E-state index contributed by atoms with van der Waals surface area (Å²) in [6, 6.07) is 0. The Morgan fingerprint density at radius 2 is 2.20 bits per heavy atom. The highest BCUT2D eigenvalue weighted by molar-refractivity contribution is 7.92. The van der Waals surface area contributed by atoms with Gasteiger partial charge in [0.05, 0.1) is 0 Å². The van der Waals surface area contributed by atoms with Gasteiger partial charge in [0.15, 0.2) is 14.6 Å². The Hall–Kier alpha value is -0.950. The summed E-state index contributed by atoms with van der Waals surface area (Å²) >= 11 is 1.29. The zero-order chi connectivity index (χ0) is 11.6. The number of amides is 1. The Labute approximate surface area is 92.0 Å². The highest BCUT2D eigenvalue weighted by Crippen LogP contribution is 2.00. The molecule has 0 aliphatic heterocycles. The normalized spacial score (nSPS) is 15.3. The lowest BCUT2D eigenvalue weighted by Crippen LogP contribution is -2.27. The second-order valence-electron chi connectivity index (χ2n) is 3.22. The molecule has 1 aromatic heterocycles. The Morgan fingerprint density at radius 1 is 1.60 bits per heavy atom. The van der Waals surface area contributed by atoms with Gasteiger partial charge >= 0.3 is 0 Å². The zero-order valence-electron chi connectivity index (χ0n) is 8.67. The maximum atomic E-state index is 11.5. The second-order valence-corrected chi connectivity index (χ2v) is 6.46. The minimum atomic E-state index is -3.37. The minimum Gasteiger partial charge on any atom is -0.327 e. The van der Waals surface area contributed by atoms with Crippen molar-refractivity contribution in [2.24, 2.45) is 12.0 Å². The predicted molar refractivity (Wildman–Crippen MR) is 58.2 cm³/mol. The quantitative estimate of drug-likeness (QED) is 0.736. The molecule has 0 bridgehead atoms. The van der Waals surface area contributed by atoms with Crippen LogP contribution < -0.4 is 4.80 Å². The molecule has 0 aliphatic rings. The third kappa shape index (κ3) is 3.00. The number of sulfone groups is 1. The summed E-state index contributed by atoms with van der Waals surface area (Å²) in [5, 5.41) is 0.691. The summed E-state index contributed by atoms with van der Waals surface area (Å²) in [4.78, 5) is 15.7. The first kappa shape index (κ1) is 12.1. The van der Waals surface area contributed by atoms with E-state index in [-0.39, 0.29) is 0 Å². The van der Waals surface area contributed by atoms with Crippen molar-refractivity contribution in [3.8, 4) is 0 Å². The van der Waals surface area contributed by atoms with E-state index < -0.39 is 21.0 Å². The maximum absolute atomic E-state index is 11.5. The number of carbonyl (C=O) groups excluding carboxylic acids is 1. The lowest BCUT2D eigenvalue weighted by molar-refractivity contribution is -0.117. The fraction of sp³-hybridized carbons (Fsp3) is 0.500. The van der Waals surface area contributed by atoms with Crippen molar-refractivity contribution in [3.63, 3.8) is 0 Å². The average molecular weight is 248 g/mol. The molecular formula is C8H12N2O3S2. The topological polar surface area (TPSA) is 68.5 Å². The Morgan fingerprint density at radius 3 is 2.60 bits per heavy atom. The Kier molecular flexibility index (Phi) is 3.46. The van der Waals surface area contributed by atoms with E-state index in [9.17, 15) is 13.2 Å². The molecule has 1 rings (SSSR count). The molecule has 5 nitrogen and oxygen atoms in total. The smallest absolute Gasteiger partial charge is 0.266 e. The van der Waals surface area contributed by atoms with Crippen molar-refractivity contribution in [3.05, 3.63) is 16.4 Å². The highest BCUT2D eigenvalue weighted by Gasteiger charge is 2.22. The molecule has 7 heteroatoms. The molecule has 0 saturated heterocycles. The van der Waals surface area contributed by atoms with E-state index in [0.717, 1.165) is 6.26 Å². The second kappa shape index (κ2) is 4.28. The van der Waals surface area contributed by atoms with Gasteiger partial charge in [-0.25, -0.2) is 8.42 Å². The van der Waals surface area contributed by atoms with Crippen LogP contribution in [0.25, 0.3) is 0 Å². The van der Waals surface area contributed by atoms with Crippen LogP contribution in [0.2, 0.25) is 0 Å². The third-order valence-corrected chi connectivity index (χ3v) is 4.29. The molecule has 0 aliphatic carbocycles. The molecule has 0 fully saturated rings. The van der Waals surface area contributed by atoms with Crippen LogP contribution in [0.1, 0.15) is 6.92 Å². The number of carbonyl (C=O) groups is 1. The molecule has 1 aromatic rings. The van der Waals surface area contributed by atoms with E-state index in [0.29, 0.717) is 4.80 Å². The van der Waals surface area contributed by atoms with Crippen molar-refractivity contribution >= 4 is 27.1 Å². The van der Waals surface area contributed by atoms with Crippen LogP contribution in [-0.4, -0.2) is 30.4 Å². The van der Waals surface area contributed by atoms with Crippen molar-refractivity contribution in [1.82, 2.24) is 4.57 Å². The van der Waals surface area contributed by atoms with Crippen LogP contribution >= 0.6 is 11.3 Å². The van der Waals surface area contributed by atoms with Gasteiger partial charge in [0.2, 0.25) is 0 Å². The van der Waals surface area contributed by atoms with Crippen LogP contribution in [0.4, 0.5) is 0 Å². The van der Waals surface area contributed by atoms with Crippen LogP contribution in [0.5, 0.6) is 0 Å². The average Bonchev–Trinajstić information content (AvgIpc) is 2.49. The lowest BCUT2D eigenvalue weighted by atomic mass is 10.5. The number of rotatable bonds is 2. The first-order valence-electron chi connectivity index (χ1n) is 4.20. The fourth-order valence-electron chi connectivity index (χ4n) is 0.803. The third-order valence-electron chi connectivity index (χ3n) is 1.96. The summed E-state index contributed by atoms with van der Waals surface area (Å²) in [6.07, 6.45) is 2.78. The standard InChI is InChI=1S/C8H12N2O3S2/c1-6(15(3,12)13)7(11)9-8-10(2)4-5-14-8/h4-6H,1-3H3/t6-/m0/s1. The first-order valence-corrected chi connectivity index (χ1v) is 7.03. The summed E-state index contributed by atoms with van der Waals surface area (Å²) in [5.41, 5.74) is 0. The monoisotopic (exact) mass is 248 g/mol. The maximum Gasteiger partial charge on any atom is 0.266 e. The van der Waals surface area contributed by atoms with E-state index in [2.05, 4.69) is 4.99 Å². The van der Waals surface area contributed by atoms with E-state index in [1.807, 2.05) is 0 Å². The van der Waals surface area contributed by atoms with Crippen molar-refractivity contribution < 1.29 is 13.2 Å². The van der Waals surface area contributed by atoms with Gasteiger partial charge in [0.25, 0.3) is 5.91 Å². The van der Waals surface area contributed by atoms with Gasteiger partial charge in [-0.3, -0.25) is 4.79 Å². The molecule has 0 radical (unpaired) electrons. The molecule has 1 heterocycles. The van der Waals surface area contributed by atoms with Crippen LogP contribution in [0.15, 0.2) is 16.6 Å². The van der Waals surface area contributed by atoms with Crippen LogP contribution in [0.3, 0.4) is 0 Å². The number of hydrogen-bond acceptors (Lipinski definition) is 4. The summed E-state index contributed by atoms with van der Waals surface area (Å²) in [7, 11) is -1.62. The lowest BCUT2D eigenvalue weighted by Gasteiger charge is -2.02. The van der Waals surface area contributed by atoms with Crippen molar-refractivity contribution in [2.75, 3.05) is 6.26 Å². The number of hydrogen-bond donors (Lipinski definition) is 0. The zero-order valence-corrected chi connectivity index (χ0v) is 10.3. The number of thiazole rings is 1. The molecule has 1 atom stereocenters. The molecule has 0 saturated carbocycles. The van der Waals surface area contributed by atoms with E-state index >= 15 is 0 Å². The fourth-order valence-corrected chi connectivity index (χ4v) is 1.96. The summed E-state index contributed by atoms with van der Waals surface area (Å²) in [6.45, 7) is 1.34. The summed E-state index contributed by atoms with van der Waals surface area (Å²) < 4.78 is 23.9. The van der Waals surface area contributed by atoms with Gasteiger partial charge in [-0.05, 0) is 6.92 Å². The molecular weight excluding hydrogens is 236 g/mol. The molecule has 0 spiro atoms. The number of nitrogens with zero attached hydrogens (tertiary/aromatic N) is 2. The molecule has 0 N–H and O–H groups in total. The summed E-state index contributed by atoms with van der Waals surface area (Å²) in [5.74, 6) is -0.629. The van der Waals surface area contributed by atoms with Crippen molar-refractivity contribution in [2.45, 2.75) is 12.2 Å². The van der Waals surface area contributed by atoms with Crippen LogP contribution in [-0.2, 0) is 21.7 Å². The molecule has 0 aromatic carbocycles. The van der Waals surface area contributed by atoms with Gasteiger partial charge < -0.3 is 4.57 Å². The molecule has 0 unspecified atom stereocenters. The van der Waals surface area contributed by atoms with Crippen LogP contribution in [0, 0.1) is 0 Å². The van der Waals surface area contributed by atoms with Crippen molar-refractivity contribution in [1.29, 1.82) is 0 Å². The molecule has 84 valence electrons. The van der Waals surface area contributed by atoms with E-state index in [4.69, 9.17) is 0 Å². The Bertz CT molecular complexity index is 524. The van der Waals surface area contributed by atoms with Gasteiger partial charge in [-0.2, -0.15) is 4.99 Å². The highest BCUT2D eigenvalue weighted by atomic mass is 32.2. The number of aryl methyl sites for hydroxylation is 1. The van der Waals surface area contributed by atoms with Gasteiger partial charge in [-0.1, -0.05) is 0 Å². The largest absolute Gasteiger partial charge is 0.327 e. The predicted octanol–water partition coefficient (Wildman–Crippen LogP) is -0.0530. The van der Waals surface area contributed by atoms with Gasteiger partial charge in [0.1, 0.15) is 5.25 Å². The van der Waals surface area contributed by atoms with Gasteiger partial charge in [-0.15, -0.1) is 11.3 Å². The van der Waals surface area contributed by atoms with E-state index in [1.54, 1.807) is 23.2 Å². The van der Waals surface area contributed by atoms with E-state index in [1.165, 1.54) is 18.3 Å².